The van der Waals surface area contributed by atoms with Gasteiger partial charge in [0.15, 0.2) is 5.78 Å². The van der Waals surface area contributed by atoms with E-state index in [9.17, 15) is 14.9 Å². The topological polar surface area (TPSA) is 69.4 Å². The van der Waals surface area contributed by atoms with E-state index >= 15 is 0 Å². The third-order valence-corrected chi connectivity index (χ3v) is 2.83. The Morgan fingerprint density at radius 3 is 2.82 bits per heavy atom. The van der Waals surface area contributed by atoms with Crippen LogP contribution in [0.3, 0.4) is 0 Å². The molecular weight excluding hydrogens is 246 g/mol. The monoisotopic (exact) mass is 255 g/mol. The quantitative estimate of drug-likeness (QED) is 0.599. The number of halogens is 1. The van der Waals surface area contributed by atoms with Gasteiger partial charge in [0.1, 0.15) is 6.61 Å². The molecule has 0 heterocycles. The number of para-hydroxylation sites is 1. The molecule has 1 fully saturated rings. The van der Waals surface area contributed by atoms with Gasteiger partial charge in [-0.25, -0.2) is 0 Å². The van der Waals surface area contributed by atoms with Crippen molar-refractivity contribution in [3.8, 4) is 5.75 Å². The lowest BCUT2D eigenvalue weighted by Gasteiger charge is -2.07. The Hall–Kier alpha value is -1.62. The van der Waals surface area contributed by atoms with Crippen LogP contribution in [0.15, 0.2) is 18.2 Å². The van der Waals surface area contributed by atoms with Crippen molar-refractivity contribution in [2.75, 3.05) is 6.61 Å². The Labute approximate surface area is 102 Å². The predicted molar refractivity (Wildman–Crippen MR) is 61.3 cm³/mol. The van der Waals surface area contributed by atoms with Crippen LogP contribution in [0.4, 0.5) is 5.69 Å². The number of nitrogens with zero attached hydrogens (tertiary/aromatic N) is 1. The van der Waals surface area contributed by atoms with Crippen LogP contribution >= 0.6 is 11.6 Å². The van der Waals surface area contributed by atoms with E-state index in [2.05, 4.69) is 0 Å². The van der Waals surface area contributed by atoms with Crippen molar-refractivity contribution in [3.63, 3.8) is 0 Å². The van der Waals surface area contributed by atoms with Crippen molar-refractivity contribution in [1.29, 1.82) is 0 Å². The van der Waals surface area contributed by atoms with Gasteiger partial charge in [-0.15, -0.1) is 0 Å². The molecule has 1 saturated carbocycles. The third kappa shape index (κ3) is 2.74. The van der Waals surface area contributed by atoms with Crippen LogP contribution in [0.2, 0.25) is 5.02 Å². The molecule has 0 radical (unpaired) electrons. The summed E-state index contributed by atoms with van der Waals surface area (Å²) < 4.78 is 5.17. The van der Waals surface area contributed by atoms with Crippen LogP contribution in [0.1, 0.15) is 12.8 Å². The lowest BCUT2D eigenvalue weighted by Crippen LogP contribution is -2.13. The van der Waals surface area contributed by atoms with E-state index in [-0.39, 0.29) is 34.8 Å². The summed E-state index contributed by atoms with van der Waals surface area (Å²) in [6, 6.07) is 4.25. The lowest BCUT2D eigenvalue weighted by atomic mass is 10.2. The summed E-state index contributed by atoms with van der Waals surface area (Å²) >= 11 is 5.81. The molecule has 6 heteroatoms. The normalized spacial score (nSPS) is 14.4. The van der Waals surface area contributed by atoms with Crippen LogP contribution < -0.4 is 4.74 Å². The van der Waals surface area contributed by atoms with Crippen LogP contribution in [-0.4, -0.2) is 17.3 Å². The summed E-state index contributed by atoms with van der Waals surface area (Å²) in [6.45, 7) is -0.158. The highest BCUT2D eigenvalue weighted by Crippen LogP contribution is 2.35. The number of carbonyl (C=O) groups is 1. The second-order valence-electron chi connectivity index (χ2n) is 3.87. The Balaban J connectivity index is 2.12. The summed E-state index contributed by atoms with van der Waals surface area (Å²) in [7, 11) is 0. The van der Waals surface area contributed by atoms with Gasteiger partial charge in [-0.2, -0.15) is 0 Å². The Morgan fingerprint density at radius 2 is 2.24 bits per heavy atom. The number of hydrogen-bond donors (Lipinski definition) is 0. The molecule has 2 rings (SSSR count). The molecule has 0 unspecified atom stereocenters. The molecule has 1 aromatic carbocycles. The molecule has 90 valence electrons. The van der Waals surface area contributed by atoms with E-state index in [1.165, 1.54) is 18.2 Å². The fourth-order valence-electron chi connectivity index (χ4n) is 1.45. The minimum Gasteiger partial charge on any atom is -0.478 e. The van der Waals surface area contributed by atoms with Crippen molar-refractivity contribution < 1.29 is 14.5 Å². The molecule has 17 heavy (non-hydrogen) atoms. The third-order valence-electron chi connectivity index (χ3n) is 2.53. The molecule has 0 N–H and O–H groups in total. The molecule has 1 aromatic rings. The maximum absolute atomic E-state index is 11.4. The zero-order chi connectivity index (χ0) is 12.4. The van der Waals surface area contributed by atoms with Gasteiger partial charge in [0.05, 0.1) is 9.95 Å². The highest BCUT2D eigenvalue weighted by Gasteiger charge is 2.30. The summed E-state index contributed by atoms with van der Waals surface area (Å²) in [6.07, 6.45) is 1.76. The minimum atomic E-state index is -0.581. The summed E-state index contributed by atoms with van der Waals surface area (Å²) in [4.78, 5) is 21.6. The smallest absolute Gasteiger partial charge is 0.312 e. The van der Waals surface area contributed by atoms with Crippen LogP contribution in [-0.2, 0) is 4.79 Å². The van der Waals surface area contributed by atoms with Gasteiger partial charge in [0, 0.05) is 12.0 Å². The molecular formula is C11H10ClNO4. The number of ketones is 1. The zero-order valence-electron chi connectivity index (χ0n) is 8.89. The van der Waals surface area contributed by atoms with Gasteiger partial charge in [-0.3, -0.25) is 14.9 Å². The van der Waals surface area contributed by atoms with Gasteiger partial charge in [-0.1, -0.05) is 17.7 Å². The number of rotatable bonds is 5. The van der Waals surface area contributed by atoms with Crippen molar-refractivity contribution >= 4 is 23.1 Å². The maximum Gasteiger partial charge on any atom is 0.312 e. The van der Waals surface area contributed by atoms with Crippen LogP contribution in [0.5, 0.6) is 5.75 Å². The molecule has 0 aromatic heterocycles. The van der Waals surface area contributed by atoms with Crippen molar-refractivity contribution in [2.45, 2.75) is 12.8 Å². The number of nitro groups is 1. The van der Waals surface area contributed by atoms with Crippen LogP contribution in [0.25, 0.3) is 0 Å². The average Bonchev–Trinajstić information content (AvgIpc) is 3.10. The highest BCUT2D eigenvalue weighted by atomic mass is 35.5. The first-order valence-electron chi connectivity index (χ1n) is 5.18. The van der Waals surface area contributed by atoms with Crippen molar-refractivity contribution in [3.05, 3.63) is 33.3 Å². The molecule has 1 aliphatic rings. The first-order chi connectivity index (χ1) is 8.09. The number of nitro benzene ring substituents is 1. The van der Waals surface area contributed by atoms with Gasteiger partial charge < -0.3 is 4.74 Å². The first-order valence-corrected chi connectivity index (χ1v) is 5.56. The predicted octanol–water partition coefficient (Wildman–Crippen LogP) is 2.61. The number of hydrogen-bond acceptors (Lipinski definition) is 4. The average molecular weight is 256 g/mol. The van der Waals surface area contributed by atoms with Gasteiger partial charge in [-0.05, 0) is 18.9 Å². The van der Waals surface area contributed by atoms with Gasteiger partial charge in [0.25, 0.3) is 0 Å². The van der Waals surface area contributed by atoms with Crippen LogP contribution in [0, 0.1) is 16.0 Å². The fraction of sp³-hybridized carbons (Fsp3) is 0.364. The van der Waals surface area contributed by atoms with E-state index < -0.39 is 4.92 Å². The molecule has 5 nitrogen and oxygen atoms in total. The standard InChI is InChI=1S/C11H10ClNO4/c12-8-2-1-3-9(13(15)16)11(8)17-6-10(14)7-4-5-7/h1-3,7H,4-6H2. The van der Waals surface area contributed by atoms with E-state index in [4.69, 9.17) is 16.3 Å². The van der Waals surface area contributed by atoms with E-state index in [0.717, 1.165) is 12.8 Å². The molecule has 0 saturated heterocycles. The summed E-state index contributed by atoms with van der Waals surface area (Å²) in [5, 5.41) is 10.9. The molecule has 0 amide bonds. The molecule has 0 aliphatic heterocycles. The summed E-state index contributed by atoms with van der Waals surface area (Å²) in [5.41, 5.74) is -0.221. The Bertz CT molecular complexity index is 471. The van der Waals surface area contributed by atoms with Gasteiger partial charge >= 0.3 is 5.69 Å². The zero-order valence-corrected chi connectivity index (χ0v) is 9.64. The number of benzene rings is 1. The van der Waals surface area contributed by atoms with E-state index in [1.807, 2.05) is 0 Å². The van der Waals surface area contributed by atoms with E-state index in [1.54, 1.807) is 0 Å². The Morgan fingerprint density at radius 1 is 1.53 bits per heavy atom. The molecule has 1 aliphatic carbocycles. The summed E-state index contributed by atoms with van der Waals surface area (Å²) in [5.74, 6) is 0.00364. The Kier molecular flexibility index (Phi) is 3.28. The maximum atomic E-state index is 11.4. The second-order valence-corrected chi connectivity index (χ2v) is 4.28. The molecule has 0 atom stereocenters. The van der Waals surface area contributed by atoms with Crippen molar-refractivity contribution in [2.24, 2.45) is 5.92 Å². The van der Waals surface area contributed by atoms with E-state index in [0.29, 0.717) is 0 Å². The molecule has 0 bridgehead atoms. The first kappa shape index (κ1) is 11.9. The van der Waals surface area contributed by atoms with Crippen molar-refractivity contribution in [1.82, 2.24) is 0 Å². The highest BCUT2D eigenvalue weighted by molar-refractivity contribution is 6.32. The SMILES string of the molecule is O=C(COc1c(Cl)cccc1[N+](=O)[O-])C1CC1. The van der Waals surface area contributed by atoms with Gasteiger partial charge in [0.2, 0.25) is 5.75 Å². The fourth-order valence-corrected chi connectivity index (χ4v) is 1.67. The minimum absolute atomic E-state index is 0.0285. The molecule has 0 spiro atoms. The number of Topliss-reactive ketones (excluding diaryl/α,β-unsaturated/α-hetero) is 1. The lowest BCUT2D eigenvalue weighted by molar-refractivity contribution is -0.385. The number of ether oxygens (including phenoxy) is 1. The number of carbonyl (C=O) groups excluding carboxylic acids is 1. The largest absolute Gasteiger partial charge is 0.478 e. The second kappa shape index (κ2) is 4.71.